The third-order valence-electron chi connectivity index (χ3n) is 4.99. The lowest BCUT2D eigenvalue weighted by molar-refractivity contribution is 0.103. The Morgan fingerprint density at radius 2 is 1.86 bits per heavy atom. The molecule has 1 atom stereocenters. The van der Waals surface area contributed by atoms with Crippen LogP contribution in [0.2, 0.25) is 5.02 Å². The maximum absolute atomic E-state index is 13.3. The first kappa shape index (κ1) is 18.9. The summed E-state index contributed by atoms with van der Waals surface area (Å²) >= 11 is 7.68. The monoisotopic (exact) mass is 408 g/mol. The summed E-state index contributed by atoms with van der Waals surface area (Å²) in [5.41, 5.74) is 4.27. The maximum Gasteiger partial charge on any atom is 0.200 e. The summed E-state index contributed by atoms with van der Waals surface area (Å²) in [7, 11) is 3.92. The zero-order chi connectivity index (χ0) is 19.7. The van der Waals surface area contributed by atoms with Crippen molar-refractivity contribution < 1.29 is 4.79 Å². The molecule has 0 N–H and O–H groups in total. The summed E-state index contributed by atoms with van der Waals surface area (Å²) in [5, 5.41) is 0.727. The first-order valence-electron chi connectivity index (χ1n) is 9.24. The molecule has 0 saturated heterocycles. The summed E-state index contributed by atoms with van der Waals surface area (Å²) in [5.74, 6) is 0.321. The number of thiophene rings is 1. The molecule has 5 heteroatoms. The Bertz CT molecular complexity index is 1020. The van der Waals surface area contributed by atoms with E-state index in [0.717, 1.165) is 44.3 Å². The van der Waals surface area contributed by atoms with Crippen molar-refractivity contribution in [2.24, 2.45) is 0 Å². The van der Waals surface area contributed by atoms with Gasteiger partial charge in [-0.1, -0.05) is 23.7 Å². The van der Waals surface area contributed by atoms with Crippen molar-refractivity contribution in [3.05, 3.63) is 87.7 Å². The van der Waals surface area contributed by atoms with Crippen LogP contribution in [0.3, 0.4) is 0 Å². The molecule has 2 aromatic heterocycles. The molecule has 1 aromatic carbocycles. The molecule has 0 aliphatic heterocycles. The number of carbonyl (C=O) groups is 1. The largest absolute Gasteiger partial charge is 0.383 e. The van der Waals surface area contributed by atoms with Crippen LogP contribution in [0.15, 0.2) is 66.6 Å². The van der Waals surface area contributed by atoms with Gasteiger partial charge in [-0.25, -0.2) is 0 Å². The van der Waals surface area contributed by atoms with E-state index >= 15 is 0 Å². The Morgan fingerprint density at radius 3 is 2.54 bits per heavy atom. The molecule has 2 heterocycles. The first-order valence-corrected chi connectivity index (χ1v) is 10.4. The van der Waals surface area contributed by atoms with E-state index in [1.54, 1.807) is 23.7 Å². The van der Waals surface area contributed by atoms with Crippen LogP contribution >= 0.6 is 22.9 Å². The number of rotatable bonds is 3. The van der Waals surface area contributed by atoms with Crippen LogP contribution in [-0.2, 0) is 0 Å². The number of fused-ring (bicyclic) bond motifs is 1. The highest BCUT2D eigenvalue weighted by Crippen LogP contribution is 2.44. The average Bonchev–Trinajstić information content (AvgIpc) is 3.09. The van der Waals surface area contributed by atoms with Gasteiger partial charge in [-0.15, -0.1) is 11.3 Å². The number of Topliss-reactive ketones (excluding diaryl/α,β-unsaturated/α-hetero) is 1. The van der Waals surface area contributed by atoms with Crippen molar-refractivity contribution in [3.8, 4) is 10.4 Å². The molecular formula is C23H21ClN2OS. The van der Waals surface area contributed by atoms with Crippen LogP contribution in [0, 0.1) is 0 Å². The van der Waals surface area contributed by atoms with Crippen LogP contribution in [-0.4, -0.2) is 29.8 Å². The Morgan fingerprint density at radius 1 is 1.14 bits per heavy atom. The highest BCUT2D eigenvalue weighted by Gasteiger charge is 2.30. The zero-order valence-corrected chi connectivity index (χ0v) is 17.4. The van der Waals surface area contributed by atoms with E-state index in [4.69, 9.17) is 11.6 Å². The van der Waals surface area contributed by atoms with Gasteiger partial charge in [0.05, 0.1) is 4.88 Å². The van der Waals surface area contributed by atoms with Gasteiger partial charge in [0.1, 0.15) is 0 Å². The Hall–Kier alpha value is -2.43. The lowest BCUT2D eigenvalue weighted by Crippen LogP contribution is -2.08. The van der Waals surface area contributed by atoms with E-state index in [2.05, 4.69) is 23.2 Å². The van der Waals surface area contributed by atoms with Crippen LogP contribution in [0.5, 0.6) is 0 Å². The van der Waals surface area contributed by atoms with Gasteiger partial charge in [0.25, 0.3) is 0 Å². The number of aromatic nitrogens is 1. The SMILES string of the molecule is CN(C)C=C1CCC(c2ccc(Cl)cc2)c2cc(-c3ccncc3)sc2C1=O. The van der Waals surface area contributed by atoms with Crippen molar-refractivity contribution in [2.45, 2.75) is 18.8 Å². The number of allylic oxidation sites excluding steroid dienone is 1. The fourth-order valence-electron chi connectivity index (χ4n) is 3.69. The van der Waals surface area contributed by atoms with E-state index in [1.165, 1.54) is 5.56 Å². The van der Waals surface area contributed by atoms with E-state index in [0.29, 0.717) is 0 Å². The first-order chi connectivity index (χ1) is 13.5. The molecule has 0 spiro atoms. The molecule has 0 radical (unpaired) electrons. The van der Waals surface area contributed by atoms with Crippen LogP contribution in [0.25, 0.3) is 10.4 Å². The van der Waals surface area contributed by atoms with Gasteiger partial charge in [-0.2, -0.15) is 0 Å². The molecular weight excluding hydrogens is 388 g/mol. The van der Waals surface area contributed by atoms with Crippen molar-refractivity contribution in [3.63, 3.8) is 0 Å². The van der Waals surface area contributed by atoms with Crippen LogP contribution in [0.1, 0.15) is 39.6 Å². The molecule has 0 bridgehead atoms. The van der Waals surface area contributed by atoms with Gasteiger partial charge in [0.2, 0.25) is 5.78 Å². The number of nitrogens with zero attached hydrogens (tertiary/aromatic N) is 2. The van der Waals surface area contributed by atoms with E-state index in [9.17, 15) is 4.79 Å². The van der Waals surface area contributed by atoms with Crippen molar-refractivity contribution in [2.75, 3.05) is 14.1 Å². The van der Waals surface area contributed by atoms with E-state index in [1.807, 2.05) is 49.5 Å². The van der Waals surface area contributed by atoms with Crippen molar-refractivity contribution >= 4 is 28.7 Å². The highest BCUT2D eigenvalue weighted by molar-refractivity contribution is 7.17. The molecule has 0 fully saturated rings. The van der Waals surface area contributed by atoms with Gasteiger partial charge in [-0.3, -0.25) is 9.78 Å². The third-order valence-corrected chi connectivity index (χ3v) is 6.44. The summed E-state index contributed by atoms with van der Waals surface area (Å²) < 4.78 is 0. The molecule has 1 aliphatic rings. The second kappa shape index (κ2) is 7.90. The van der Waals surface area contributed by atoms with Crippen LogP contribution < -0.4 is 0 Å². The van der Waals surface area contributed by atoms with Gasteiger partial charge in [0, 0.05) is 54.1 Å². The topological polar surface area (TPSA) is 33.2 Å². The molecule has 0 amide bonds. The summed E-state index contributed by atoms with van der Waals surface area (Å²) in [6.45, 7) is 0. The Balaban J connectivity index is 1.85. The second-order valence-corrected chi connectivity index (χ2v) is 8.71. The van der Waals surface area contributed by atoms with Crippen molar-refractivity contribution in [1.82, 2.24) is 9.88 Å². The van der Waals surface area contributed by atoms with Gasteiger partial charge in [0.15, 0.2) is 0 Å². The molecule has 1 aliphatic carbocycles. The van der Waals surface area contributed by atoms with Gasteiger partial charge in [-0.05, 0) is 59.9 Å². The minimum atomic E-state index is 0.144. The second-order valence-electron chi connectivity index (χ2n) is 7.22. The Kier molecular flexibility index (Phi) is 5.33. The number of hydrogen-bond acceptors (Lipinski definition) is 4. The number of halogens is 1. The average molecular weight is 409 g/mol. The standard InChI is InChI=1S/C23H21ClN2OS/c1-26(2)14-17-5-8-19(15-3-6-18(24)7-4-15)20-13-21(28-23(20)22(17)27)16-9-11-25-12-10-16/h3-4,6-7,9-14,19H,5,8H2,1-2H3. The predicted octanol–water partition coefficient (Wildman–Crippen LogP) is 6.02. The molecule has 3 nitrogen and oxygen atoms in total. The van der Waals surface area contributed by atoms with E-state index < -0.39 is 0 Å². The van der Waals surface area contributed by atoms with E-state index in [-0.39, 0.29) is 11.7 Å². The third kappa shape index (κ3) is 3.75. The molecule has 142 valence electrons. The Labute approximate surface area is 174 Å². The number of pyridine rings is 1. The zero-order valence-electron chi connectivity index (χ0n) is 15.9. The smallest absolute Gasteiger partial charge is 0.200 e. The number of ketones is 1. The normalized spacial score (nSPS) is 18.0. The predicted molar refractivity (Wildman–Crippen MR) is 116 cm³/mol. The summed E-state index contributed by atoms with van der Waals surface area (Å²) in [6.07, 6.45) is 7.19. The minimum Gasteiger partial charge on any atom is -0.383 e. The molecule has 1 unspecified atom stereocenters. The number of benzene rings is 1. The van der Waals surface area contributed by atoms with Crippen LogP contribution in [0.4, 0.5) is 0 Å². The minimum absolute atomic E-state index is 0.144. The quantitative estimate of drug-likeness (QED) is 0.392. The van der Waals surface area contributed by atoms with Gasteiger partial charge >= 0.3 is 0 Å². The molecule has 28 heavy (non-hydrogen) atoms. The fraction of sp³-hybridized carbons (Fsp3) is 0.217. The summed E-state index contributed by atoms with van der Waals surface area (Å²) in [6, 6.07) is 14.2. The fourth-order valence-corrected chi connectivity index (χ4v) is 5.02. The number of carbonyl (C=O) groups excluding carboxylic acids is 1. The molecule has 0 saturated carbocycles. The van der Waals surface area contributed by atoms with Crippen molar-refractivity contribution in [1.29, 1.82) is 0 Å². The highest BCUT2D eigenvalue weighted by atomic mass is 35.5. The van der Waals surface area contributed by atoms with Gasteiger partial charge < -0.3 is 4.90 Å². The maximum atomic E-state index is 13.3. The number of hydrogen-bond donors (Lipinski definition) is 0. The molecule has 4 rings (SSSR count). The lowest BCUT2D eigenvalue weighted by Gasteiger charge is -2.15. The molecule has 3 aromatic rings. The summed E-state index contributed by atoms with van der Waals surface area (Å²) in [4.78, 5) is 21.3. The lowest BCUT2D eigenvalue weighted by atomic mass is 9.88.